The zero-order chi connectivity index (χ0) is 15.1. The Labute approximate surface area is 133 Å². The Morgan fingerprint density at radius 3 is 2.38 bits per heavy atom. The second kappa shape index (κ2) is 8.53. The lowest BCUT2D eigenvalue weighted by molar-refractivity contribution is 0.0904. The fourth-order valence-corrected chi connectivity index (χ4v) is 4.54. The zero-order valence-corrected chi connectivity index (χ0v) is 14.8. The van der Waals surface area contributed by atoms with E-state index in [2.05, 4.69) is 31.0 Å². The summed E-state index contributed by atoms with van der Waals surface area (Å²) < 4.78 is 0. The number of rotatable bonds is 8. The maximum Gasteiger partial charge on any atom is 0.00958 e. The molecule has 0 aromatic rings. The van der Waals surface area contributed by atoms with Crippen LogP contribution in [-0.4, -0.2) is 37.1 Å². The minimum atomic E-state index is 0.676. The van der Waals surface area contributed by atoms with Gasteiger partial charge in [-0.25, -0.2) is 0 Å². The van der Waals surface area contributed by atoms with Gasteiger partial charge >= 0.3 is 0 Å². The number of hydrogen-bond donors (Lipinski definition) is 1. The lowest BCUT2D eigenvalue weighted by atomic mass is 9.74. The van der Waals surface area contributed by atoms with E-state index in [4.69, 9.17) is 0 Å². The summed E-state index contributed by atoms with van der Waals surface area (Å²) in [5, 5.41) is 3.78. The first-order chi connectivity index (χ1) is 10.2. The summed E-state index contributed by atoms with van der Waals surface area (Å²) in [6.45, 7) is 12.3. The molecule has 2 nitrogen and oxygen atoms in total. The van der Waals surface area contributed by atoms with Gasteiger partial charge in [0.15, 0.2) is 0 Å². The van der Waals surface area contributed by atoms with E-state index in [0.717, 1.165) is 12.0 Å². The van der Waals surface area contributed by atoms with Crippen molar-refractivity contribution in [1.82, 2.24) is 10.2 Å². The molecule has 2 rings (SSSR count). The number of likely N-dealkylation sites (tertiary alicyclic amines) is 1. The second-order valence-corrected chi connectivity index (χ2v) is 7.59. The molecular weight excluding hydrogens is 256 g/mol. The predicted molar refractivity (Wildman–Crippen MR) is 92.7 cm³/mol. The van der Waals surface area contributed by atoms with Gasteiger partial charge in [0.1, 0.15) is 0 Å². The second-order valence-electron chi connectivity index (χ2n) is 7.59. The van der Waals surface area contributed by atoms with Crippen molar-refractivity contribution in [2.45, 2.75) is 84.6 Å². The highest BCUT2D eigenvalue weighted by molar-refractivity contribution is 4.86. The van der Waals surface area contributed by atoms with Gasteiger partial charge in [-0.1, -0.05) is 40.0 Å². The molecule has 0 aromatic heterocycles. The highest BCUT2D eigenvalue weighted by Crippen LogP contribution is 2.38. The molecule has 2 heteroatoms. The monoisotopic (exact) mass is 294 g/mol. The number of nitrogens with one attached hydrogen (secondary N) is 1. The Morgan fingerprint density at radius 1 is 1.05 bits per heavy atom. The van der Waals surface area contributed by atoms with E-state index in [1.807, 2.05) is 0 Å². The minimum Gasteiger partial charge on any atom is -0.314 e. The summed E-state index contributed by atoms with van der Waals surface area (Å²) in [6.07, 6.45) is 12.6. The topological polar surface area (TPSA) is 15.3 Å². The van der Waals surface area contributed by atoms with Crippen molar-refractivity contribution in [2.75, 3.05) is 26.2 Å². The molecule has 0 amide bonds. The Balaban J connectivity index is 1.69. The Bertz CT molecular complexity index is 275. The van der Waals surface area contributed by atoms with Gasteiger partial charge in [-0.15, -0.1) is 0 Å². The molecule has 21 heavy (non-hydrogen) atoms. The van der Waals surface area contributed by atoms with Gasteiger partial charge in [0, 0.05) is 6.04 Å². The largest absolute Gasteiger partial charge is 0.314 e. The molecule has 0 bridgehead atoms. The van der Waals surface area contributed by atoms with E-state index in [0.29, 0.717) is 5.41 Å². The highest BCUT2D eigenvalue weighted by Gasteiger charge is 2.32. The average molecular weight is 295 g/mol. The van der Waals surface area contributed by atoms with E-state index in [9.17, 15) is 0 Å². The summed E-state index contributed by atoms with van der Waals surface area (Å²) in [5.74, 6) is 0.945. The van der Waals surface area contributed by atoms with Crippen molar-refractivity contribution < 1.29 is 0 Å². The van der Waals surface area contributed by atoms with Crippen molar-refractivity contribution >= 4 is 0 Å². The summed E-state index contributed by atoms with van der Waals surface area (Å²) in [6, 6.07) is 0.820. The van der Waals surface area contributed by atoms with Crippen LogP contribution in [0.15, 0.2) is 0 Å². The van der Waals surface area contributed by atoms with Crippen molar-refractivity contribution in [3.8, 4) is 0 Å². The molecule has 2 atom stereocenters. The molecule has 1 saturated heterocycles. The van der Waals surface area contributed by atoms with Crippen LogP contribution in [0.2, 0.25) is 0 Å². The standard InChI is InChI=1S/C19H38N2/c1-4-13-20-18-9-7-8-17(18)10-14-21-15-11-19(5-2,6-3)12-16-21/h17-18,20H,4-16H2,1-3H3. The van der Waals surface area contributed by atoms with Crippen LogP contribution in [0.3, 0.4) is 0 Å². The fraction of sp³-hybridized carbons (Fsp3) is 1.00. The number of hydrogen-bond acceptors (Lipinski definition) is 2. The molecule has 124 valence electrons. The molecule has 1 aliphatic heterocycles. The van der Waals surface area contributed by atoms with Crippen LogP contribution in [0, 0.1) is 11.3 Å². The molecule has 2 unspecified atom stereocenters. The Kier molecular flexibility index (Phi) is 7.01. The van der Waals surface area contributed by atoms with Gasteiger partial charge in [0.25, 0.3) is 0 Å². The first-order valence-electron chi connectivity index (χ1n) is 9.68. The quantitative estimate of drug-likeness (QED) is 0.711. The smallest absolute Gasteiger partial charge is 0.00958 e. The van der Waals surface area contributed by atoms with Crippen LogP contribution in [-0.2, 0) is 0 Å². The highest BCUT2D eigenvalue weighted by atomic mass is 15.1. The molecule has 1 saturated carbocycles. The molecule has 1 N–H and O–H groups in total. The van der Waals surface area contributed by atoms with Crippen LogP contribution >= 0.6 is 0 Å². The van der Waals surface area contributed by atoms with E-state index in [-0.39, 0.29) is 0 Å². The first-order valence-corrected chi connectivity index (χ1v) is 9.68. The Hall–Kier alpha value is -0.0800. The number of piperidine rings is 1. The molecule has 0 spiro atoms. The third-order valence-corrected chi connectivity index (χ3v) is 6.55. The van der Waals surface area contributed by atoms with Crippen molar-refractivity contribution in [3.05, 3.63) is 0 Å². The van der Waals surface area contributed by atoms with E-state index < -0.39 is 0 Å². The van der Waals surface area contributed by atoms with Crippen LogP contribution in [0.4, 0.5) is 0 Å². The van der Waals surface area contributed by atoms with Crippen LogP contribution in [0.25, 0.3) is 0 Å². The lowest BCUT2D eigenvalue weighted by Gasteiger charge is -2.41. The summed E-state index contributed by atoms with van der Waals surface area (Å²) >= 11 is 0. The molecule has 0 radical (unpaired) electrons. The lowest BCUT2D eigenvalue weighted by Crippen LogP contribution is -2.41. The Morgan fingerprint density at radius 2 is 1.76 bits per heavy atom. The third kappa shape index (κ3) is 4.69. The molecule has 2 aliphatic rings. The molecular formula is C19H38N2. The van der Waals surface area contributed by atoms with Crippen LogP contribution < -0.4 is 5.32 Å². The predicted octanol–water partition coefficient (Wildman–Crippen LogP) is 4.45. The minimum absolute atomic E-state index is 0.676. The normalized spacial score (nSPS) is 29.9. The van der Waals surface area contributed by atoms with E-state index in [1.54, 1.807) is 0 Å². The van der Waals surface area contributed by atoms with Gasteiger partial charge in [0.05, 0.1) is 0 Å². The van der Waals surface area contributed by atoms with Gasteiger partial charge in [0.2, 0.25) is 0 Å². The van der Waals surface area contributed by atoms with Crippen molar-refractivity contribution in [2.24, 2.45) is 11.3 Å². The maximum absolute atomic E-state index is 3.78. The van der Waals surface area contributed by atoms with Crippen molar-refractivity contribution in [1.29, 1.82) is 0 Å². The SMILES string of the molecule is CCCNC1CCCC1CCN1CCC(CC)(CC)CC1. The molecule has 0 aromatic carbocycles. The fourth-order valence-electron chi connectivity index (χ4n) is 4.54. The summed E-state index contributed by atoms with van der Waals surface area (Å²) in [5.41, 5.74) is 0.676. The average Bonchev–Trinajstić information content (AvgIpc) is 2.99. The molecule has 1 aliphatic carbocycles. The molecule has 1 heterocycles. The number of nitrogens with zero attached hydrogens (tertiary/aromatic N) is 1. The third-order valence-electron chi connectivity index (χ3n) is 6.55. The molecule has 2 fully saturated rings. The summed E-state index contributed by atoms with van der Waals surface area (Å²) in [7, 11) is 0. The van der Waals surface area contributed by atoms with Crippen LogP contribution in [0.1, 0.15) is 78.6 Å². The first kappa shape index (κ1) is 17.3. The van der Waals surface area contributed by atoms with E-state index >= 15 is 0 Å². The van der Waals surface area contributed by atoms with Gasteiger partial charge < -0.3 is 10.2 Å². The maximum atomic E-state index is 3.78. The van der Waals surface area contributed by atoms with E-state index in [1.165, 1.54) is 84.0 Å². The summed E-state index contributed by atoms with van der Waals surface area (Å²) in [4.78, 5) is 2.75. The zero-order valence-electron chi connectivity index (χ0n) is 14.8. The van der Waals surface area contributed by atoms with Gasteiger partial charge in [-0.2, -0.15) is 0 Å². The van der Waals surface area contributed by atoms with Gasteiger partial charge in [-0.3, -0.25) is 0 Å². The van der Waals surface area contributed by atoms with Crippen molar-refractivity contribution in [3.63, 3.8) is 0 Å². The van der Waals surface area contributed by atoms with Gasteiger partial charge in [-0.05, 0) is 76.0 Å². The van der Waals surface area contributed by atoms with Crippen LogP contribution in [0.5, 0.6) is 0 Å².